The molecule has 1 atom stereocenters. The molecule has 0 amide bonds. The fraction of sp³-hybridized carbons (Fsp3) is 0.400. The van der Waals surface area contributed by atoms with Gasteiger partial charge in [0, 0.05) is 23.8 Å². The average molecular weight is 406 g/mol. The quantitative estimate of drug-likeness (QED) is 0.627. The van der Waals surface area contributed by atoms with Crippen LogP contribution in [0.5, 0.6) is 11.5 Å². The first-order valence-corrected chi connectivity index (χ1v) is 10.5. The van der Waals surface area contributed by atoms with Gasteiger partial charge in [0.1, 0.15) is 0 Å². The molecule has 0 saturated carbocycles. The largest absolute Gasteiger partial charge is 0.493 e. The summed E-state index contributed by atoms with van der Waals surface area (Å²) in [4.78, 5) is 0. The molecular formula is C25H31N3O2. The molecule has 1 N–H and O–H groups in total. The fourth-order valence-electron chi connectivity index (χ4n) is 4.46. The van der Waals surface area contributed by atoms with E-state index in [-0.39, 0.29) is 11.5 Å². The van der Waals surface area contributed by atoms with E-state index >= 15 is 0 Å². The van der Waals surface area contributed by atoms with Gasteiger partial charge in [-0.2, -0.15) is 5.10 Å². The minimum Gasteiger partial charge on any atom is -0.493 e. The van der Waals surface area contributed by atoms with Gasteiger partial charge in [0.2, 0.25) is 0 Å². The van der Waals surface area contributed by atoms with E-state index in [4.69, 9.17) is 14.6 Å². The smallest absolute Gasteiger partial charge is 0.161 e. The molecule has 5 heteroatoms. The van der Waals surface area contributed by atoms with E-state index in [9.17, 15) is 0 Å². The second kappa shape index (κ2) is 8.15. The van der Waals surface area contributed by atoms with Crippen LogP contribution in [0.1, 0.15) is 48.7 Å². The molecule has 3 aromatic rings. The van der Waals surface area contributed by atoms with Crippen LogP contribution in [0, 0.1) is 12.3 Å². The highest BCUT2D eigenvalue weighted by molar-refractivity contribution is 5.44. The number of hydrogen-bond donors (Lipinski definition) is 1. The van der Waals surface area contributed by atoms with E-state index in [0.29, 0.717) is 0 Å². The van der Waals surface area contributed by atoms with Crippen molar-refractivity contribution in [3.05, 3.63) is 71.0 Å². The molecule has 1 aliphatic carbocycles. The fourth-order valence-corrected chi connectivity index (χ4v) is 4.46. The van der Waals surface area contributed by atoms with Crippen LogP contribution >= 0.6 is 0 Å². The molecule has 1 aliphatic rings. The number of hydrogen-bond acceptors (Lipinski definition) is 4. The molecule has 0 unspecified atom stereocenters. The van der Waals surface area contributed by atoms with Crippen molar-refractivity contribution in [3.63, 3.8) is 0 Å². The normalized spacial score (nSPS) is 17.4. The summed E-state index contributed by atoms with van der Waals surface area (Å²) < 4.78 is 12.9. The van der Waals surface area contributed by atoms with Gasteiger partial charge in [-0.15, -0.1) is 0 Å². The van der Waals surface area contributed by atoms with Gasteiger partial charge in [-0.25, -0.2) is 4.68 Å². The predicted molar refractivity (Wildman–Crippen MR) is 120 cm³/mol. The number of aryl methyl sites for hydroxylation is 1. The van der Waals surface area contributed by atoms with Crippen LogP contribution in [0.3, 0.4) is 0 Å². The third kappa shape index (κ3) is 3.94. The van der Waals surface area contributed by atoms with Crippen LogP contribution in [-0.4, -0.2) is 24.0 Å². The molecule has 2 aromatic carbocycles. The summed E-state index contributed by atoms with van der Waals surface area (Å²) in [6.45, 7) is 7.59. The number of methoxy groups -OCH3 is 2. The minimum absolute atomic E-state index is 0.197. The van der Waals surface area contributed by atoms with Crippen molar-refractivity contribution < 1.29 is 9.47 Å². The molecule has 158 valence electrons. The van der Waals surface area contributed by atoms with Crippen LogP contribution in [-0.2, 0) is 13.0 Å². The topological polar surface area (TPSA) is 48.3 Å². The SMILES string of the molecule is COc1ccc(CN[C@@H]2CC(C)(C)Cc3c2cnn3-c2ccccc2C)cc1OC. The van der Waals surface area contributed by atoms with Crippen molar-refractivity contribution in [2.45, 2.75) is 46.2 Å². The maximum atomic E-state index is 5.46. The zero-order valence-electron chi connectivity index (χ0n) is 18.5. The van der Waals surface area contributed by atoms with Gasteiger partial charge in [0.15, 0.2) is 11.5 Å². The number of ether oxygens (including phenoxy) is 2. The number of aromatic nitrogens is 2. The standard InChI is InChI=1S/C25H31N3O2/c1-17-8-6-7-9-21(17)28-22-14-25(2,3)13-20(19(22)16-27-28)26-15-18-10-11-23(29-4)24(12-18)30-5/h6-12,16,20,26H,13-15H2,1-5H3/t20-/m1/s1. The maximum Gasteiger partial charge on any atom is 0.161 e. The monoisotopic (exact) mass is 405 g/mol. The lowest BCUT2D eigenvalue weighted by atomic mass is 9.74. The highest BCUT2D eigenvalue weighted by Gasteiger charge is 2.35. The summed E-state index contributed by atoms with van der Waals surface area (Å²) in [5.41, 5.74) is 6.38. The molecule has 4 rings (SSSR count). The Hall–Kier alpha value is -2.79. The number of nitrogens with zero attached hydrogens (tertiary/aromatic N) is 2. The molecule has 1 aromatic heterocycles. The molecule has 1 heterocycles. The summed E-state index contributed by atoms with van der Waals surface area (Å²) >= 11 is 0. The summed E-state index contributed by atoms with van der Waals surface area (Å²) in [6.07, 6.45) is 4.14. The molecule has 5 nitrogen and oxygen atoms in total. The van der Waals surface area contributed by atoms with E-state index in [1.807, 2.05) is 18.3 Å². The molecule has 0 spiro atoms. The van der Waals surface area contributed by atoms with E-state index in [2.05, 4.69) is 61.1 Å². The van der Waals surface area contributed by atoms with Gasteiger partial charge in [-0.05, 0) is 54.5 Å². The first kappa shape index (κ1) is 20.5. The predicted octanol–water partition coefficient (Wildman–Crippen LogP) is 5.00. The van der Waals surface area contributed by atoms with E-state index in [1.165, 1.54) is 22.4 Å². The second-order valence-electron chi connectivity index (χ2n) is 8.91. The second-order valence-corrected chi connectivity index (χ2v) is 8.91. The Kier molecular flexibility index (Phi) is 5.56. The van der Waals surface area contributed by atoms with Crippen molar-refractivity contribution in [2.75, 3.05) is 14.2 Å². The summed E-state index contributed by atoms with van der Waals surface area (Å²) in [5, 5.41) is 8.56. The number of para-hydroxylation sites is 1. The van der Waals surface area contributed by atoms with Gasteiger partial charge >= 0.3 is 0 Å². The molecular weight excluding hydrogens is 374 g/mol. The highest BCUT2D eigenvalue weighted by atomic mass is 16.5. The lowest BCUT2D eigenvalue weighted by Crippen LogP contribution is -2.33. The minimum atomic E-state index is 0.197. The van der Waals surface area contributed by atoms with Crippen LogP contribution in [0.15, 0.2) is 48.7 Å². The van der Waals surface area contributed by atoms with Crippen molar-refractivity contribution in [1.82, 2.24) is 15.1 Å². The van der Waals surface area contributed by atoms with Crippen molar-refractivity contribution in [2.24, 2.45) is 5.41 Å². The number of benzene rings is 2. The number of fused-ring (bicyclic) bond motifs is 1. The van der Waals surface area contributed by atoms with Crippen LogP contribution in [0.25, 0.3) is 5.69 Å². The van der Waals surface area contributed by atoms with Gasteiger partial charge < -0.3 is 14.8 Å². The first-order valence-electron chi connectivity index (χ1n) is 10.5. The zero-order chi connectivity index (χ0) is 21.3. The third-order valence-electron chi connectivity index (χ3n) is 6.02. The van der Waals surface area contributed by atoms with Crippen molar-refractivity contribution in [1.29, 1.82) is 0 Å². The van der Waals surface area contributed by atoms with Crippen LogP contribution < -0.4 is 14.8 Å². The van der Waals surface area contributed by atoms with E-state index in [1.54, 1.807) is 14.2 Å². The van der Waals surface area contributed by atoms with Crippen LogP contribution in [0.2, 0.25) is 0 Å². The van der Waals surface area contributed by atoms with Crippen LogP contribution in [0.4, 0.5) is 0 Å². The zero-order valence-corrected chi connectivity index (χ0v) is 18.5. The molecule has 0 radical (unpaired) electrons. The Morgan fingerprint density at radius 1 is 1.10 bits per heavy atom. The Labute approximate surface area is 179 Å². The molecule has 0 aliphatic heterocycles. The Balaban J connectivity index is 1.61. The Morgan fingerprint density at radius 2 is 1.87 bits per heavy atom. The lowest BCUT2D eigenvalue weighted by Gasteiger charge is -2.36. The van der Waals surface area contributed by atoms with Gasteiger partial charge in [0.05, 0.1) is 26.1 Å². The van der Waals surface area contributed by atoms with Crippen molar-refractivity contribution >= 4 is 0 Å². The molecule has 0 fully saturated rings. The highest BCUT2D eigenvalue weighted by Crippen LogP contribution is 2.41. The lowest BCUT2D eigenvalue weighted by molar-refractivity contribution is 0.252. The van der Waals surface area contributed by atoms with Gasteiger partial charge in [0.25, 0.3) is 0 Å². The van der Waals surface area contributed by atoms with Gasteiger partial charge in [-0.1, -0.05) is 38.1 Å². The average Bonchev–Trinajstić information content (AvgIpc) is 3.14. The summed E-state index contributed by atoms with van der Waals surface area (Å²) in [6, 6.07) is 14.8. The van der Waals surface area contributed by atoms with E-state index < -0.39 is 0 Å². The Morgan fingerprint density at radius 3 is 2.60 bits per heavy atom. The number of rotatable bonds is 6. The Bertz CT molecular complexity index is 1040. The maximum absolute atomic E-state index is 5.46. The molecule has 0 bridgehead atoms. The van der Waals surface area contributed by atoms with Crippen molar-refractivity contribution in [3.8, 4) is 17.2 Å². The van der Waals surface area contributed by atoms with E-state index in [0.717, 1.165) is 36.6 Å². The molecule has 0 saturated heterocycles. The van der Waals surface area contributed by atoms with Gasteiger partial charge in [-0.3, -0.25) is 0 Å². The number of nitrogens with one attached hydrogen (secondary N) is 1. The summed E-state index contributed by atoms with van der Waals surface area (Å²) in [5.74, 6) is 1.51. The molecule has 30 heavy (non-hydrogen) atoms. The summed E-state index contributed by atoms with van der Waals surface area (Å²) in [7, 11) is 3.33. The first-order chi connectivity index (χ1) is 14.4. The third-order valence-corrected chi connectivity index (χ3v) is 6.02.